The summed E-state index contributed by atoms with van der Waals surface area (Å²) in [6, 6.07) is 10.0. The van der Waals surface area contributed by atoms with Crippen molar-refractivity contribution >= 4 is 13.0 Å². The number of piperidine rings is 1. The van der Waals surface area contributed by atoms with Crippen molar-refractivity contribution in [2.45, 2.75) is 26.1 Å². The maximum Gasteiger partial charge on any atom is 0.376 e. The third kappa shape index (κ3) is 3.41. The van der Waals surface area contributed by atoms with Gasteiger partial charge in [0, 0.05) is 5.92 Å². The number of carbonyl (C=O) groups is 1. The SMILES string of the molecule is CCOC(=O)C1CCN(B(C)O)CC1c1ccccc1. The maximum atomic E-state index is 12.2. The number of nitrogens with zero attached hydrogens (tertiary/aromatic N) is 1. The van der Waals surface area contributed by atoms with Crippen molar-refractivity contribution in [1.82, 2.24) is 4.81 Å². The van der Waals surface area contributed by atoms with Crippen LogP contribution in [0.4, 0.5) is 0 Å². The lowest BCUT2D eigenvalue weighted by atomic mass is 9.74. The van der Waals surface area contributed by atoms with Crippen LogP contribution in [0.25, 0.3) is 0 Å². The van der Waals surface area contributed by atoms with Gasteiger partial charge in [0.05, 0.1) is 12.5 Å². The Balaban J connectivity index is 2.20. The quantitative estimate of drug-likeness (QED) is 0.672. The highest BCUT2D eigenvalue weighted by Gasteiger charge is 2.37. The molecule has 1 fully saturated rings. The van der Waals surface area contributed by atoms with Crippen molar-refractivity contribution in [2.24, 2.45) is 5.92 Å². The van der Waals surface area contributed by atoms with Crippen LogP contribution < -0.4 is 0 Å². The van der Waals surface area contributed by atoms with E-state index < -0.39 is 7.05 Å². The minimum atomic E-state index is -0.482. The Hall–Kier alpha value is -1.33. The summed E-state index contributed by atoms with van der Waals surface area (Å²) in [5, 5.41) is 9.78. The minimum absolute atomic E-state index is 0.0820. The summed E-state index contributed by atoms with van der Waals surface area (Å²) in [5.41, 5.74) is 1.14. The Morgan fingerprint density at radius 2 is 2.15 bits per heavy atom. The van der Waals surface area contributed by atoms with E-state index in [1.54, 1.807) is 6.82 Å². The summed E-state index contributed by atoms with van der Waals surface area (Å²) in [6.07, 6.45) is 0.725. The Kier molecular flexibility index (Phi) is 5.20. The molecule has 1 aliphatic heterocycles. The van der Waals surface area contributed by atoms with Gasteiger partial charge < -0.3 is 14.6 Å². The minimum Gasteiger partial charge on any atom is -0.466 e. The van der Waals surface area contributed by atoms with E-state index in [9.17, 15) is 9.82 Å². The second-order valence-electron chi connectivity index (χ2n) is 5.29. The fourth-order valence-corrected chi connectivity index (χ4v) is 2.89. The highest BCUT2D eigenvalue weighted by molar-refractivity contribution is 6.45. The van der Waals surface area contributed by atoms with Crippen LogP contribution in [0.15, 0.2) is 30.3 Å². The number of hydrogen-bond donors (Lipinski definition) is 1. The first-order valence-electron chi connectivity index (χ1n) is 7.27. The first-order chi connectivity index (χ1) is 9.63. The van der Waals surface area contributed by atoms with Gasteiger partial charge in [-0.05, 0) is 38.8 Å². The monoisotopic (exact) mass is 275 g/mol. The molecule has 0 bridgehead atoms. The van der Waals surface area contributed by atoms with Crippen LogP contribution >= 0.6 is 0 Å². The van der Waals surface area contributed by atoms with Gasteiger partial charge in [-0.2, -0.15) is 0 Å². The molecule has 2 unspecified atom stereocenters. The molecule has 4 nitrogen and oxygen atoms in total. The number of esters is 1. The number of carbonyl (C=O) groups excluding carboxylic acids is 1. The summed E-state index contributed by atoms with van der Waals surface area (Å²) in [5.74, 6) is -0.155. The van der Waals surface area contributed by atoms with E-state index in [1.807, 2.05) is 42.1 Å². The molecule has 108 valence electrons. The molecule has 1 aromatic rings. The molecular weight excluding hydrogens is 253 g/mol. The van der Waals surface area contributed by atoms with Gasteiger partial charge in [-0.3, -0.25) is 4.79 Å². The normalized spacial score (nSPS) is 23.4. The third-order valence-electron chi connectivity index (χ3n) is 3.99. The van der Waals surface area contributed by atoms with Crippen LogP contribution in [0, 0.1) is 5.92 Å². The lowest BCUT2D eigenvalue weighted by Crippen LogP contribution is -2.48. The maximum absolute atomic E-state index is 12.2. The van der Waals surface area contributed by atoms with Gasteiger partial charge in [0.1, 0.15) is 0 Å². The van der Waals surface area contributed by atoms with Crippen molar-refractivity contribution in [1.29, 1.82) is 0 Å². The van der Waals surface area contributed by atoms with Gasteiger partial charge in [-0.15, -0.1) is 0 Å². The highest BCUT2D eigenvalue weighted by atomic mass is 16.5. The molecule has 0 saturated carbocycles. The summed E-state index contributed by atoms with van der Waals surface area (Å²) in [7, 11) is -0.482. The first-order valence-corrected chi connectivity index (χ1v) is 7.27. The molecular formula is C15H22BNO3. The van der Waals surface area contributed by atoms with E-state index >= 15 is 0 Å². The smallest absolute Gasteiger partial charge is 0.376 e. The standard InChI is InChI=1S/C15H22BNO3/c1-3-20-15(18)13-9-10-17(16(2)19)11-14(13)12-7-5-4-6-8-12/h4-8,13-14,19H,3,9-11H2,1-2H3. The van der Waals surface area contributed by atoms with Crippen LogP contribution in [0.2, 0.25) is 6.82 Å². The fraction of sp³-hybridized carbons (Fsp3) is 0.533. The van der Waals surface area contributed by atoms with Gasteiger partial charge in [-0.1, -0.05) is 30.3 Å². The molecule has 1 aliphatic rings. The van der Waals surface area contributed by atoms with Crippen molar-refractivity contribution in [3.05, 3.63) is 35.9 Å². The van der Waals surface area contributed by atoms with Crippen LogP contribution in [-0.2, 0) is 9.53 Å². The van der Waals surface area contributed by atoms with E-state index in [1.165, 1.54) is 0 Å². The molecule has 2 atom stereocenters. The van der Waals surface area contributed by atoms with Crippen molar-refractivity contribution in [3.8, 4) is 0 Å². The lowest BCUT2D eigenvalue weighted by molar-refractivity contribution is -0.150. The number of rotatable bonds is 4. The predicted octanol–water partition coefficient (Wildman–Crippen LogP) is 1.77. The molecule has 0 radical (unpaired) electrons. The molecule has 1 N–H and O–H groups in total. The van der Waals surface area contributed by atoms with Gasteiger partial charge in [0.2, 0.25) is 0 Å². The van der Waals surface area contributed by atoms with Crippen LogP contribution in [-0.4, -0.2) is 42.6 Å². The summed E-state index contributed by atoms with van der Waals surface area (Å²) in [6.45, 7) is 5.43. The zero-order valence-electron chi connectivity index (χ0n) is 12.2. The van der Waals surface area contributed by atoms with Crippen molar-refractivity contribution in [3.63, 3.8) is 0 Å². The summed E-state index contributed by atoms with van der Waals surface area (Å²) in [4.78, 5) is 14.2. The molecule has 1 saturated heterocycles. The fourth-order valence-electron chi connectivity index (χ4n) is 2.89. The third-order valence-corrected chi connectivity index (χ3v) is 3.99. The van der Waals surface area contributed by atoms with Crippen molar-refractivity contribution < 1.29 is 14.6 Å². The van der Waals surface area contributed by atoms with E-state index in [0.29, 0.717) is 13.2 Å². The predicted molar refractivity (Wildman–Crippen MR) is 79.3 cm³/mol. The van der Waals surface area contributed by atoms with E-state index in [-0.39, 0.29) is 17.8 Å². The molecule has 1 aromatic carbocycles. The van der Waals surface area contributed by atoms with E-state index in [0.717, 1.165) is 18.5 Å². The largest absolute Gasteiger partial charge is 0.466 e. The van der Waals surface area contributed by atoms with Crippen LogP contribution in [0.3, 0.4) is 0 Å². The number of hydrogen-bond acceptors (Lipinski definition) is 4. The average molecular weight is 275 g/mol. The molecule has 0 aliphatic carbocycles. The zero-order chi connectivity index (χ0) is 14.5. The second-order valence-corrected chi connectivity index (χ2v) is 5.29. The number of ether oxygens (including phenoxy) is 1. The Morgan fingerprint density at radius 1 is 1.45 bits per heavy atom. The molecule has 5 heteroatoms. The lowest BCUT2D eigenvalue weighted by Gasteiger charge is -2.38. The molecule has 20 heavy (non-hydrogen) atoms. The Bertz CT molecular complexity index is 438. The van der Waals surface area contributed by atoms with E-state index in [2.05, 4.69) is 0 Å². The highest BCUT2D eigenvalue weighted by Crippen LogP contribution is 2.33. The van der Waals surface area contributed by atoms with Gasteiger partial charge in [0.15, 0.2) is 0 Å². The summed E-state index contributed by atoms with van der Waals surface area (Å²) < 4.78 is 5.21. The topological polar surface area (TPSA) is 49.8 Å². The molecule has 2 rings (SSSR count). The van der Waals surface area contributed by atoms with Gasteiger partial charge in [-0.25, -0.2) is 0 Å². The van der Waals surface area contributed by atoms with Crippen LogP contribution in [0.1, 0.15) is 24.8 Å². The molecule has 0 aromatic heterocycles. The van der Waals surface area contributed by atoms with Crippen LogP contribution in [0.5, 0.6) is 0 Å². The molecule has 0 amide bonds. The molecule has 1 heterocycles. The zero-order valence-corrected chi connectivity index (χ0v) is 12.2. The first kappa shape index (κ1) is 15.1. The Labute approximate surface area is 120 Å². The van der Waals surface area contributed by atoms with Gasteiger partial charge in [0.25, 0.3) is 0 Å². The van der Waals surface area contributed by atoms with Crippen molar-refractivity contribution in [2.75, 3.05) is 19.7 Å². The summed E-state index contributed by atoms with van der Waals surface area (Å²) >= 11 is 0. The Morgan fingerprint density at radius 3 is 2.75 bits per heavy atom. The van der Waals surface area contributed by atoms with E-state index in [4.69, 9.17) is 4.74 Å². The number of benzene rings is 1. The second kappa shape index (κ2) is 6.91. The average Bonchev–Trinajstić information content (AvgIpc) is 2.47. The van der Waals surface area contributed by atoms with Gasteiger partial charge >= 0.3 is 13.0 Å². The molecule has 0 spiro atoms.